The van der Waals surface area contributed by atoms with Crippen LogP contribution in [0.1, 0.15) is 128 Å². The molecule has 3 aliphatic heterocycles. The molecule has 10 aromatic carbocycles. The zero-order chi connectivity index (χ0) is 107. The lowest BCUT2D eigenvalue weighted by Gasteiger charge is -2.28. The van der Waals surface area contributed by atoms with Gasteiger partial charge in [0.2, 0.25) is 28.7 Å². The monoisotopic (exact) mass is 2090 g/mol. The molecule has 0 aliphatic carbocycles. The highest BCUT2D eigenvalue weighted by atomic mass is 16.6. The molecule has 10 aromatic rings. The van der Waals surface area contributed by atoms with E-state index in [1.54, 1.807) is 48.5 Å². The van der Waals surface area contributed by atoms with Gasteiger partial charge >= 0.3 is 0 Å². The molecule has 0 spiro atoms. The molecule has 15 unspecified atom stereocenters. The fourth-order valence-corrected chi connectivity index (χ4v) is 18.4. The Kier molecular flexibility index (Phi) is 39.0. The molecule has 0 amide bonds. The third-order valence-electron chi connectivity index (χ3n) is 26.4. The average Bonchev–Trinajstić information content (AvgIpc) is 1.61. The van der Waals surface area contributed by atoms with Crippen LogP contribution in [0.5, 0.6) is 144 Å². The Morgan fingerprint density at radius 1 is 0.221 bits per heavy atom. The van der Waals surface area contributed by atoms with Crippen molar-refractivity contribution in [2.45, 2.75) is 110 Å². The fourth-order valence-electron chi connectivity index (χ4n) is 18.4. The van der Waals surface area contributed by atoms with Gasteiger partial charge in [-0.25, -0.2) is 0 Å². The molecule has 2 fully saturated rings. The van der Waals surface area contributed by atoms with Crippen molar-refractivity contribution in [2.75, 3.05) is 187 Å². The number of rotatable bonds is 56. The van der Waals surface area contributed by atoms with E-state index in [-0.39, 0.29) is 202 Å². The van der Waals surface area contributed by atoms with E-state index in [0.717, 1.165) is 0 Å². The molecular weight excluding hydrogens is 1960 g/mol. The second-order valence-electron chi connectivity index (χ2n) is 34.6. The Morgan fingerprint density at radius 3 is 0.718 bits per heavy atom. The summed E-state index contributed by atoms with van der Waals surface area (Å²) >= 11 is 0. The van der Waals surface area contributed by atoms with Gasteiger partial charge in [0.15, 0.2) is 158 Å². The van der Waals surface area contributed by atoms with Gasteiger partial charge in [-0.1, -0.05) is 24.3 Å². The third-order valence-corrected chi connectivity index (χ3v) is 26.4. The molecule has 0 radical (unpaired) electrons. The minimum Gasteiger partial charge on any atom is -0.493 e. The summed E-state index contributed by atoms with van der Waals surface area (Å²) in [7, 11) is 23.6. The maximum atomic E-state index is 12.3. The standard InChI is InChI=1S/C107H130O42/c1-123-70-27-52(18-22-66(70)144-87(45-111)96(120)59-38-81(134-12)106(82(39-59)135-13)148-91(49-115)98(122)58-34-77(130-8)104(139-17)78(35-58)131-9)92(116)85(43-109)142-69-25-21-55(30-73(69)126-4)101-63(42-108)62-26-56(31-74(127-5)102(62)149-101)94(118)90(48-114)147-105-79(132-10)36-60(37-80(105)133-11)97(121)88(46-112)145-68-24-20-54(29-72(68)125-3)99-64-50-141-100(65(64)51-140-99)61-40-83(136-14)107(84(41-61)137-15)146-89(47-113)93(117)53-19-23-67(71(28-53)124-2)143-86(44-110)95(119)57-32-75(128-6)103(138-16)76(33-57)129-7/h18-41,63-65,85-101,108-122H,42-51H2,1-17H3/t63-,64+,65+,85?,86?,87?,88?,89?,90?,91?,92?,93?,94?,95?,96?,97?,98?,99-,100-,101?/m1/s1. The molecule has 0 saturated carbocycles. The smallest absolute Gasteiger partial charge is 0.204 e. The lowest BCUT2D eigenvalue weighted by Crippen LogP contribution is -2.30. The maximum Gasteiger partial charge on any atom is 0.204 e. The molecule has 149 heavy (non-hydrogen) atoms. The highest BCUT2D eigenvalue weighted by molar-refractivity contribution is 5.62. The van der Waals surface area contributed by atoms with Crippen LogP contribution < -0.4 is 118 Å². The maximum absolute atomic E-state index is 12.3. The third kappa shape index (κ3) is 23.9. The van der Waals surface area contributed by atoms with Crippen LogP contribution in [0.2, 0.25) is 0 Å². The second-order valence-corrected chi connectivity index (χ2v) is 34.6. The van der Waals surface area contributed by atoms with E-state index < -0.39 is 163 Å². The molecular formula is C107H130O42. The number of benzene rings is 10. The number of fused-ring (bicyclic) bond motifs is 2. The van der Waals surface area contributed by atoms with Crippen LogP contribution in [0.15, 0.2) is 146 Å². The predicted octanol–water partition coefficient (Wildman–Crippen LogP) is 8.43. The first-order valence-electron chi connectivity index (χ1n) is 47.1. The van der Waals surface area contributed by atoms with Crippen LogP contribution >= 0.6 is 0 Å². The molecule has 42 nitrogen and oxygen atoms in total. The molecule has 15 N–H and O–H groups in total. The number of methoxy groups -OCH3 is 17. The molecule has 3 aliphatic rings. The second kappa shape index (κ2) is 51.6. The summed E-state index contributed by atoms with van der Waals surface area (Å²) in [5.41, 5.74) is 3.58. The summed E-state index contributed by atoms with van der Waals surface area (Å²) in [6.45, 7) is -4.98. The summed E-state index contributed by atoms with van der Waals surface area (Å²) in [5, 5.41) is 170. The lowest BCUT2D eigenvalue weighted by atomic mass is 9.84. The zero-order valence-corrected chi connectivity index (χ0v) is 85.2. The van der Waals surface area contributed by atoms with Gasteiger partial charge in [0.25, 0.3) is 0 Å². The Morgan fingerprint density at radius 2 is 0.443 bits per heavy atom. The number of aliphatic hydroxyl groups excluding tert-OH is 15. The Balaban J connectivity index is 0.633. The zero-order valence-electron chi connectivity index (χ0n) is 85.2. The largest absolute Gasteiger partial charge is 0.493 e. The van der Waals surface area contributed by atoms with E-state index in [1.807, 2.05) is 0 Å². The molecule has 42 heteroatoms. The number of hydrogen-bond acceptors (Lipinski definition) is 42. The predicted molar refractivity (Wildman–Crippen MR) is 529 cm³/mol. The topological polar surface area (TPSA) is 553 Å². The summed E-state index contributed by atoms with van der Waals surface area (Å²) < 4.78 is 160. The minimum atomic E-state index is -1.64. The van der Waals surface area contributed by atoms with E-state index in [9.17, 15) is 76.6 Å². The van der Waals surface area contributed by atoms with Crippen LogP contribution in [0, 0.1) is 11.8 Å². The highest BCUT2D eigenvalue weighted by Gasteiger charge is 2.50. The minimum absolute atomic E-state index is 0.000603. The van der Waals surface area contributed by atoms with Crippen LogP contribution in [-0.2, 0) is 9.47 Å². The summed E-state index contributed by atoms with van der Waals surface area (Å²) in [4.78, 5) is 0. The van der Waals surface area contributed by atoms with Crippen molar-refractivity contribution < 1.29 is 204 Å². The van der Waals surface area contributed by atoms with Gasteiger partial charge in [-0.2, -0.15) is 0 Å². The van der Waals surface area contributed by atoms with Crippen LogP contribution in [0.3, 0.4) is 0 Å². The first-order valence-corrected chi connectivity index (χ1v) is 47.1. The van der Waals surface area contributed by atoms with Crippen molar-refractivity contribution >= 4 is 0 Å². The number of aliphatic hydroxyl groups is 15. The van der Waals surface area contributed by atoms with Crippen molar-refractivity contribution in [1.82, 2.24) is 0 Å². The van der Waals surface area contributed by atoms with Gasteiger partial charge in [0.1, 0.15) is 48.8 Å². The lowest BCUT2D eigenvalue weighted by molar-refractivity contribution is -0.00427. The van der Waals surface area contributed by atoms with Crippen molar-refractivity contribution in [3.05, 3.63) is 207 Å². The average molecular weight is 2090 g/mol. The Labute approximate surface area is 859 Å². The summed E-state index contributed by atoms with van der Waals surface area (Å²) in [6.07, 6.45) is -22.2. The summed E-state index contributed by atoms with van der Waals surface area (Å²) in [5.74, 6) is 1.78. The van der Waals surface area contributed by atoms with Crippen molar-refractivity contribution in [3.8, 4) is 144 Å². The quantitative estimate of drug-likeness (QED) is 0.0170. The molecule has 3 heterocycles. The van der Waals surface area contributed by atoms with E-state index in [2.05, 4.69) is 0 Å². The van der Waals surface area contributed by atoms with Crippen molar-refractivity contribution in [2.24, 2.45) is 11.8 Å². The van der Waals surface area contributed by atoms with Gasteiger partial charge < -0.3 is 204 Å². The normalized spacial score (nSPS) is 18.4. The van der Waals surface area contributed by atoms with Gasteiger partial charge in [-0.15, -0.1) is 0 Å². The molecule has 13 rings (SSSR count). The molecule has 20 atom stereocenters. The van der Waals surface area contributed by atoms with E-state index in [1.165, 1.54) is 218 Å². The van der Waals surface area contributed by atoms with Crippen LogP contribution in [0.25, 0.3) is 0 Å². The van der Waals surface area contributed by atoms with Crippen molar-refractivity contribution in [1.29, 1.82) is 0 Å². The summed E-state index contributed by atoms with van der Waals surface area (Å²) in [6, 6.07) is 36.8. The van der Waals surface area contributed by atoms with Crippen LogP contribution in [-0.4, -0.2) is 306 Å². The molecule has 810 valence electrons. The first-order chi connectivity index (χ1) is 72.1. The van der Waals surface area contributed by atoms with Crippen LogP contribution in [0.4, 0.5) is 0 Å². The highest BCUT2D eigenvalue weighted by Crippen LogP contribution is 2.57. The van der Waals surface area contributed by atoms with E-state index >= 15 is 0 Å². The van der Waals surface area contributed by atoms with E-state index in [4.69, 9.17) is 128 Å². The molecule has 0 aromatic heterocycles. The van der Waals surface area contributed by atoms with Gasteiger partial charge in [-0.05, 0) is 177 Å². The van der Waals surface area contributed by atoms with Gasteiger partial charge in [0, 0.05) is 17.4 Å². The molecule has 2 saturated heterocycles. The van der Waals surface area contributed by atoms with Gasteiger partial charge in [-0.3, -0.25) is 0 Å². The Bertz CT molecular complexity index is 5980. The fraction of sp³-hybridized carbons (Fsp3) is 0.439. The van der Waals surface area contributed by atoms with Gasteiger partial charge in [0.05, 0.1) is 205 Å². The number of ether oxygens (including phenoxy) is 27. The molecule has 0 bridgehead atoms. The van der Waals surface area contributed by atoms with Crippen molar-refractivity contribution in [3.63, 3.8) is 0 Å². The first kappa shape index (κ1) is 113. The van der Waals surface area contributed by atoms with E-state index in [0.29, 0.717) is 28.0 Å². The Hall–Kier alpha value is -13.5. The SMILES string of the molecule is COc1cc(C(O)C(CO)Oc2ccc(C3Oc4c(OC)cc(C(O)C(CO)Oc5c(OC)cc(C(O)C(CO)Oc6ccc([C@H]7OC[C@H]8[C@@H]7CO[C@@H]8c7cc(OC)c(OC(CO)C(O)c8ccc(OC(CO)C(O)c9cc(OC)c(OC)c(OC)c9)c(OC)c8)c(OC)c7)cc6OC)cc5OC)cc4[C@H]3CO)cc2OC)ccc1OC(CO)C(O)c1cc(OC)c(OC(CO)C(O)c2cc(OC)c(OC)c(OC)c2)c(OC)c1. The number of hydrogen-bond donors (Lipinski definition) is 15.